The van der Waals surface area contributed by atoms with Gasteiger partial charge in [-0.1, -0.05) is 290 Å². The van der Waals surface area contributed by atoms with Gasteiger partial charge in [0, 0.05) is 19.3 Å². The van der Waals surface area contributed by atoms with Crippen molar-refractivity contribution in [3.63, 3.8) is 0 Å². The Morgan fingerprint density at radius 2 is 0.500 bits per heavy atom. The lowest BCUT2D eigenvalue weighted by molar-refractivity contribution is -0.167. The molecule has 0 rings (SSSR count). The Morgan fingerprint density at radius 3 is 0.782 bits per heavy atom. The molecule has 0 aliphatic heterocycles. The molecule has 6 heteroatoms. The van der Waals surface area contributed by atoms with E-state index >= 15 is 0 Å². The van der Waals surface area contributed by atoms with E-state index in [9.17, 15) is 14.4 Å². The summed E-state index contributed by atoms with van der Waals surface area (Å²) in [5, 5.41) is 0. The number of hydrogen-bond donors (Lipinski definition) is 0. The standard InChI is InChI=1S/C72H120O6/c1-4-7-10-13-16-19-22-25-27-29-31-33-35-36-38-39-41-43-45-47-50-53-56-59-62-65-71(74)77-68-69(67-76-70(73)64-61-58-55-52-49-24-21-18-15-12-9-6-3)78-72(75)66-63-60-57-54-51-48-46-44-42-40-37-34-32-30-28-26-23-20-17-14-11-8-5-2/h7-8,10-11,16-17,19-20,25-28,31-34,40,42,46,48,69H,4-6,9,12-15,18,21-24,29-30,35-39,41,43-45,47,49-68H2,1-3H3/b10-7-,11-8-,19-16-,20-17-,27-25-,28-26-,33-31-,34-32-,42-40-,48-46-. The average molecular weight is 1080 g/mol. The summed E-state index contributed by atoms with van der Waals surface area (Å²) >= 11 is 0. The SMILES string of the molecule is CC/C=C\C/C=C\C/C=C\C/C=C\C/C=C\C/C=C\CCCCCCC(=O)OC(COC(=O)CCCCCCCCCCCCCC)COC(=O)CCCCCCCCCCCCCC/C=C\C/C=C\C/C=C\C/C=C\CC. The van der Waals surface area contributed by atoms with E-state index < -0.39 is 6.10 Å². The minimum Gasteiger partial charge on any atom is -0.462 e. The van der Waals surface area contributed by atoms with Crippen molar-refractivity contribution in [2.45, 2.75) is 303 Å². The van der Waals surface area contributed by atoms with Crippen LogP contribution in [0, 0.1) is 0 Å². The van der Waals surface area contributed by atoms with Crippen LogP contribution in [-0.4, -0.2) is 37.2 Å². The zero-order valence-electron chi connectivity index (χ0n) is 50.9. The zero-order valence-corrected chi connectivity index (χ0v) is 50.9. The van der Waals surface area contributed by atoms with Gasteiger partial charge in [-0.3, -0.25) is 14.4 Å². The Hall–Kier alpha value is -4.19. The second-order valence-corrected chi connectivity index (χ2v) is 21.3. The van der Waals surface area contributed by atoms with E-state index in [1.54, 1.807) is 0 Å². The van der Waals surface area contributed by atoms with E-state index in [1.165, 1.54) is 122 Å². The Balaban J connectivity index is 4.36. The number of allylic oxidation sites excluding steroid dienone is 20. The Bertz CT molecular complexity index is 1620. The predicted molar refractivity (Wildman–Crippen MR) is 339 cm³/mol. The first-order valence-electron chi connectivity index (χ1n) is 32.5. The molecular weight excluding hydrogens is 961 g/mol. The van der Waals surface area contributed by atoms with Gasteiger partial charge in [-0.15, -0.1) is 0 Å². The Kier molecular flexibility index (Phi) is 61.8. The largest absolute Gasteiger partial charge is 0.462 e. The minimum absolute atomic E-state index is 0.0885. The van der Waals surface area contributed by atoms with E-state index in [1.807, 2.05) is 0 Å². The summed E-state index contributed by atoms with van der Waals surface area (Å²) in [6.45, 7) is 6.41. The molecule has 0 aliphatic carbocycles. The minimum atomic E-state index is -0.795. The summed E-state index contributed by atoms with van der Waals surface area (Å²) in [6, 6.07) is 0. The first-order chi connectivity index (χ1) is 38.5. The molecule has 6 nitrogen and oxygen atoms in total. The number of hydrogen-bond acceptors (Lipinski definition) is 6. The topological polar surface area (TPSA) is 78.9 Å². The third-order valence-corrected chi connectivity index (χ3v) is 13.7. The van der Waals surface area contributed by atoms with Crippen LogP contribution in [0.3, 0.4) is 0 Å². The predicted octanol–water partition coefficient (Wildman–Crippen LogP) is 22.4. The normalized spacial score (nSPS) is 12.9. The molecule has 0 saturated heterocycles. The Labute approximate surface area is 482 Å². The molecule has 0 spiro atoms. The smallest absolute Gasteiger partial charge is 0.306 e. The van der Waals surface area contributed by atoms with Crippen LogP contribution in [0.1, 0.15) is 297 Å². The van der Waals surface area contributed by atoms with Crippen LogP contribution in [0.2, 0.25) is 0 Å². The van der Waals surface area contributed by atoms with Crippen LogP contribution in [0.4, 0.5) is 0 Å². The molecule has 0 aromatic heterocycles. The molecule has 444 valence electrons. The summed E-state index contributed by atoms with van der Waals surface area (Å²) < 4.78 is 16.9. The van der Waals surface area contributed by atoms with Gasteiger partial charge in [0.05, 0.1) is 0 Å². The van der Waals surface area contributed by atoms with Gasteiger partial charge >= 0.3 is 17.9 Å². The molecule has 0 aromatic carbocycles. The molecule has 78 heavy (non-hydrogen) atoms. The Morgan fingerprint density at radius 1 is 0.269 bits per heavy atom. The van der Waals surface area contributed by atoms with Crippen molar-refractivity contribution in [1.29, 1.82) is 0 Å². The third-order valence-electron chi connectivity index (χ3n) is 13.7. The van der Waals surface area contributed by atoms with Crippen LogP contribution >= 0.6 is 0 Å². The van der Waals surface area contributed by atoms with Crippen LogP contribution in [0.25, 0.3) is 0 Å². The highest BCUT2D eigenvalue weighted by molar-refractivity contribution is 5.71. The maximum atomic E-state index is 12.9. The lowest BCUT2D eigenvalue weighted by atomic mass is 10.0. The molecule has 0 saturated carbocycles. The summed E-state index contributed by atoms with van der Waals surface area (Å²) in [5.41, 5.74) is 0. The highest BCUT2D eigenvalue weighted by Crippen LogP contribution is 2.16. The fraction of sp³-hybridized carbons (Fsp3) is 0.681. The van der Waals surface area contributed by atoms with Crippen molar-refractivity contribution < 1.29 is 28.6 Å². The molecular formula is C72H120O6. The van der Waals surface area contributed by atoms with Gasteiger partial charge in [-0.05, 0) is 109 Å². The van der Waals surface area contributed by atoms with Crippen LogP contribution in [-0.2, 0) is 28.6 Å². The molecule has 0 N–H and O–H groups in total. The average Bonchev–Trinajstić information content (AvgIpc) is 3.44. The van der Waals surface area contributed by atoms with Crippen molar-refractivity contribution in [2.24, 2.45) is 0 Å². The highest BCUT2D eigenvalue weighted by atomic mass is 16.6. The first-order valence-corrected chi connectivity index (χ1v) is 32.5. The fourth-order valence-corrected chi connectivity index (χ4v) is 8.91. The molecule has 0 bridgehead atoms. The van der Waals surface area contributed by atoms with Crippen molar-refractivity contribution >= 4 is 17.9 Å². The molecule has 0 aliphatic rings. The van der Waals surface area contributed by atoms with E-state index in [4.69, 9.17) is 14.2 Å². The molecule has 0 fully saturated rings. The number of esters is 3. The van der Waals surface area contributed by atoms with Crippen molar-refractivity contribution in [2.75, 3.05) is 13.2 Å². The van der Waals surface area contributed by atoms with Crippen molar-refractivity contribution in [3.8, 4) is 0 Å². The van der Waals surface area contributed by atoms with Gasteiger partial charge < -0.3 is 14.2 Å². The van der Waals surface area contributed by atoms with Crippen LogP contribution < -0.4 is 0 Å². The quantitative estimate of drug-likeness (QED) is 0.0261. The highest BCUT2D eigenvalue weighted by Gasteiger charge is 2.19. The fourth-order valence-electron chi connectivity index (χ4n) is 8.91. The van der Waals surface area contributed by atoms with E-state index in [-0.39, 0.29) is 31.1 Å². The van der Waals surface area contributed by atoms with Gasteiger partial charge in [-0.2, -0.15) is 0 Å². The second-order valence-electron chi connectivity index (χ2n) is 21.3. The summed E-state index contributed by atoms with van der Waals surface area (Å²) in [5.74, 6) is -0.909. The molecule has 1 unspecified atom stereocenters. The maximum Gasteiger partial charge on any atom is 0.306 e. The van der Waals surface area contributed by atoms with E-state index in [0.29, 0.717) is 19.3 Å². The monoisotopic (exact) mass is 1080 g/mol. The second kappa shape index (κ2) is 65.3. The number of rotatable bonds is 58. The number of unbranched alkanes of at least 4 members (excludes halogenated alkanes) is 27. The van der Waals surface area contributed by atoms with Crippen LogP contribution in [0.15, 0.2) is 122 Å². The van der Waals surface area contributed by atoms with Crippen LogP contribution in [0.5, 0.6) is 0 Å². The number of carbonyl (C=O) groups is 3. The summed E-state index contributed by atoms with van der Waals surface area (Å²) in [4.78, 5) is 38.3. The van der Waals surface area contributed by atoms with Gasteiger partial charge in [-0.25, -0.2) is 0 Å². The van der Waals surface area contributed by atoms with Gasteiger partial charge in [0.1, 0.15) is 13.2 Å². The lowest BCUT2D eigenvalue weighted by Crippen LogP contribution is -2.30. The molecule has 0 radical (unpaired) electrons. The molecule has 0 heterocycles. The van der Waals surface area contributed by atoms with Crippen molar-refractivity contribution in [1.82, 2.24) is 0 Å². The maximum absolute atomic E-state index is 12.9. The van der Waals surface area contributed by atoms with Crippen molar-refractivity contribution in [3.05, 3.63) is 122 Å². The first kappa shape index (κ1) is 73.8. The number of ether oxygens (including phenoxy) is 3. The van der Waals surface area contributed by atoms with E-state index in [0.717, 1.165) is 135 Å². The van der Waals surface area contributed by atoms with Gasteiger partial charge in [0.15, 0.2) is 6.10 Å². The molecule has 0 aromatic rings. The van der Waals surface area contributed by atoms with E-state index in [2.05, 4.69) is 142 Å². The molecule has 0 amide bonds. The molecule has 1 atom stereocenters. The summed E-state index contributed by atoms with van der Waals surface area (Å²) in [6.07, 6.45) is 90.6. The lowest BCUT2D eigenvalue weighted by Gasteiger charge is -2.18. The van der Waals surface area contributed by atoms with Gasteiger partial charge in [0.2, 0.25) is 0 Å². The third kappa shape index (κ3) is 62.7. The zero-order chi connectivity index (χ0) is 56.4. The van der Waals surface area contributed by atoms with Gasteiger partial charge in [0.25, 0.3) is 0 Å². The number of carbonyl (C=O) groups excluding carboxylic acids is 3. The summed E-state index contributed by atoms with van der Waals surface area (Å²) in [7, 11) is 0.